The van der Waals surface area contributed by atoms with Gasteiger partial charge < -0.3 is 14.9 Å². The number of rotatable bonds is 6. The number of nitrogens with zero attached hydrogens (tertiary/aromatic N) is 4. The average molecular weight is 356 g/mol. The van der Waals surface area contributed by atoms with Crippen molar-refractivity contribution < 1.29 is 0 Å². The summed E-state index contributed by atoms with van der Waals surface area (Å²) < 4.78 is 2.07. The Morgan fingerprint density at radius 2 is 2.15 bits per heavy atom. The first-order valence-electron chi connectivity index (χ1n) is 9.60. The van der Waals surface area contributed by atoms with E-state index in [0.29, 0.717) is 18.0 Å². The number of piperidine rings is 1. The third kappa shape index (κ3) is 3.46. The maximum atomic E-state index is 12.0. The second-order valence-corrected chi connectivity index (χ2v) is 7.73. The normalized spacial score (nSPS) is 21.4. The van der Waals surface area contributed by atoms with E-state index >= 15 is 0 Å². The van der Waals surface area contributed by atoms with Crippen molar-refractivity contribution in [2.45, 2.75) is 51.7 Å². The molecule has 26 heavy (non-hydrogen) atoms. The summed E-state index contributed by atoms with van der Waals surface area (Å²) in [6, 6.07) is 2.13. The molecule has 3 heterocycles. The number of H-pyrrole nitrogens is 1. The first-order valence-corrected chi connectivity index (χ1v) is 9.60. The summed E-state index contributed by atoms with van der Waals surface area (Å²) in [5, 5.41) is 3.47. The molecular weight excluding hydrogens is 328 g/mol. The molecule has 0 aromatic carbocycles. The Labute approximate surface area is 153 Å². The molecule has 1 aliphatic carbocycles. The molecule has 7 nitrogen and oxygen atoms in total. The van der Waals surface area contributed by atoms with Crippen LogP contribution in [0, 0.1) is 5.41 Å². The number of aryl methyl sites for hydroxylation is 2. The molecule has 4 rings (SSSR count). The fourth-order valence-electron chi connectivity index (χ4n) is 4.32. The van der Waals surface area contributed by atoms with Gasteiger partial charge in [-0.15, -0.1) is 0 Å². The third-order valence-electron chi connectivity index (χ3n) is 6.01. The molecule has 2 aromatic rings. The van der Waals surface area contributed by atoms with E-state index in [0.717, 1.165) is 43.4 Å². The lowest BCUT2D eigenvalue weighted by Crippen LogP contribution is -2.36. The van der Waals surface area contributed by atoms with Crippen molar-refractivity contribution in [2.24, 2.45) is 12.5 Å². The van der Waals surface area contributed by atoms with E-state index in [1.807, 2.05) is 26.4 Å². The smallest absolute Gasteiger partial charge is 0.251 e. The lowest BCUT2D eigenvalue weighted by molar-refractivity contribution is 0.178. The SMILES string of the molecule is CCc1cc(=O)[nH]c(CN(Cc2nccn2C)C2CC23CCNCC3)n1. The van der Waals surface area contributed by atoms with Crippen LogP contribution < -0.4 is 10.9 Å². The fourth-order valence-corrected chi connectivity index (χ4v) is 4.32. The van der Waals surface area contributed by atoms with Crippen molar-refractivity contribution in [1.82, 2.24) is 29.7 Å². The molecule has 2 fully saturated rings. The largest absolute Gasteiger partial charge is 0.337 e. The van der Waals surface area contributed by atoms with Crippen molar-refractivity contribution in [1.29, 1.82) is 0 Å². The predicted molar refractivity (Wildman–Crippen MR) is 99.6 cm³/mol. The van der Waals surface area contributed by atoms with Gasteiger partial charge in [-0.1, -0.05) is 6.92 Å². The molecular formula is C19H28N6O. The Hall–Kier alpha value is -1.99. The molecule has 0 amide bonds. The molecule has 2 N–H and O–H groups in total. The van der Waals surface area contributed by atoms with Crippen molar-refractivity contribution in [2.75, 3.05) is 13.1 Å². The van der Waals surface area contributed by atoms with Crippen LogP contribution in [0.4, 0.5) is 0 Å². The van der Waals surface area contributed by atoms with E-state index in [4.69, 9.17) is 0 Å². The zero-order valence-electron chi connectivity index (χ0n) is 15.7. The number of hydrogen-bond acceptors (Lipinski definition) is 5. The Bertz CT molecular complexity index is 819. The van der Waals surface area contributed by atoms with Crippen molar-refractivity contribution >= 4 is 0 Å². The predicted octanol–water partition coefficient (Wildman–Crippen LogP) is 1.21. The summed E-state index contributed by atoms with van der Waals surface area (Å²) in [6.45, 7) is 5.68. The van der Waals surface area contributed by atoms with Gasteiger partial charge in [0, 0.05) is 37.2 Å². The molecule has 1 unspecified atom stereocenters. The Balaban J connectivity index is 1.58. The van der Waals surface area contributed by atoms with Gasteiger partial charge in [0.1, 0.15) is 11.6 Å². The topological polar surface area (TPSA) is 78.8 Å². The summed E-state index contributed by atoms with van der Waals surface area (Å²) in [5.74, 6) is 1.81. The first-order chi connectivity index (χ1) is 12.6. The van der Waals surface area contributed by atoms with Crippen molar-refractivity contribution in [3.8, 4) is 0 Å². The number of aromatic nitrogens is 4. The Morgan fingerprint density at radius 1 is 1.35 bits per heavy atom. The van der Waals surface area contributed by atoms with Crippen LogP contribution in [0.15, 0.2) is 23.3 Å². The quantitative estimate of drug-likeness (QED) is 0.813. The van der Waals surface area contributed by atoms with Crippen LogP contribution in [0.2, 0.25) is 0 Å². The molecule has 1 aliphatic heterocycles. The monoisotopic (exact) mass is 356 g/mol. The standard InChI is InChI=1S/C19H28N6O/c1-3-14-10-18(26)23-16(22-14)12-25(13-17-21-8-9-24(17)2)15-11-19(15)4-6-20-7-5-19/h8-10,15,20H,3-7,11-13H2,1-2H3,(H,22,23,26). The lowest BCUT2D eigenvalue weighted by atomic mass is 9.93. The van der Waals surface area contributed by atoms with Crippen LogP contribution in [-0.2, 0) is 26.6 Å². The van der Waals surface area contributed by atoms with E-state index < -0.39 is 0 Å². The minimum absolute atomic E-state index is 0.0591. The van der Waals surface area contributed by atoms with Crippen LogP contribution in [0.25, 0.3) is 0 Å². The van der Waals surface area contributed by atoms with Crippen LogP contribution in [0.1, 0.15) is 43.5 Å². The summed E-state index contributed by atoms with van der Waals surface area (Å²) in [5.41, 5.74) is 1.23. The van der Waals surface area contributed by atoms with Gasteiger partial charge in [-0.05, 0) is 44.2 Å². The maximum Gasteiger partial charge on any atom is 0.251 e. The minimum atomic E-state index is -0.0591. The molecule has 2 aliphatic rings. The third-order valence-corrected chi connectivity index (χ3v) is 6.01. The molecule has 7 heteroatoms. The highest BCUT2D eigenvalue weighted by Crippen LogP contribution is 2.56. The molecule has 0 radical (unpaired) electrons. The van der Waals surface area contributed by atoms with E-state index in [1.165, 1.54) is 19.3 Å². The van der Waals surface area contributed by atoms with Gasteiger partial charge in [-0.25, -0.2) is 9.97 Å². The molecule has 1 saturated heterocycles. The second kappa shape index (κ2) is 6.96. The van der Waals surface area contributed by atoms with E-state index in [2.05, 4.69) is 29.7 Å². The van der Waals surface area contributed by atoms with Crippen molar-refractivity contribution in [3.05, 3.63) is 46.2 Å². The summed E-state index contributed by atoms with van der Waals surface area (Å²) >= 11 is 0. The van der Waals surface area contributed by atoms with E-state index in [9.17, 15) is 4.79 Å². The van der Waals surface area contributed by atoms with E-state index in [1.54, 1.807) is 6.07 Å². The number of imidazole rings is 1. The molecule has 1 spiro atoms. The lowest BCUT2D eigenvalue weighted by Gasteiger charge is -2.29. The summed E-state index contributed by atoms with van der Waals surface area (Å²) in [7, 11) is 2.03. The van der Waals surface area contributed by atoms with Crippen LogP contribution in [0.3, 0.4) is 0 Å². The Morgan fingerprint density at radius 3 is 2.85 bits per heavy atom. The molecule has 0 bridgehead atoms. The van der Waals surface area contributed by atoms with Gasteiger partial charge in [0.25, 0.3) is 5.56 Å². The zero-order valence-corrected chi connectivity index (χ0v) is 15.7. The highest BCUT2D eigenvalue weighted by atomic mass is 16.1. The van der Waals surface area contributed by atoms with Crippen molar-refractivity contribution in [3.63, 3.8) is 0 Å². The van der Waals surface area contributed by atoms with Gasteiger partial charge >= 0.3 is 0 Å². The van der Waals surface area contributed by atoms with Gasteiger partial charge in [-0.3, -0.25) is 9.69 Å². The fraction of sp³-hybridized carbons (Fsp3) is 0.632. The van der Waals surface area contributed by atoms with Gasteiger partial charge in [0.2, 0.25) is 0 Å². The number of nitrogens with one attached hydrogen (secondary N) is 2. The first kappa shape index (κ1) is 17.4. The minimum Gasteiger partial charge on any atom is -0.337 e. The molecule has 140 valence electrons. The molecule has 1 saturated carbocycles. The number of aromatic amines is 1. The van der Waals surface area contributed by atoms with Crippen LogP contribution in [-0.4, -0.2) is 43.6 Å². The summed E-state index contributed by atoms with van der Waals surface area (Å²) in [4.78, 5) is 26.5. The number of hydrogen-bond donors (Lipinski definition) is 2. The van der Waals surface area contributed by atoms with Crippen LogP contribution >= 0.6 is 0 Å². The van der Waals surface area contributed by atoms with Gasteiger partial charge in [0.05, 0.1) is 13.1 Å². The highest BCUT2D eigenvalue weighted by molar-refractivity contribution is 5.12. The Kier molecular flexibility index (Phi) is 4.67. The molecule has 1 atom stereocenters. The zero-order chi connectivity index (χ0) is 18.1. The summed E-state index contributed by atoms with van der Waals surface area (Å²) in [6.07, 6.45) is 8.30. The highest BCUT2D eigenvalue weighted by Gasteiger charge is 2.56. The van der Waals surface area contributed by atoms with Gasteiger partial charge in [0.15, 0.2) is 0 Å². The maximum absolute atomic E-state index is 12.0. The average Bonchev–Trinajstić information content (AvgIpc) is 3.16. The second-order valence-electron chi connectivity index (χ2n) is 7.73. The molecule has 2 aromatic heterocycles. The van der Waals surface area contributed by atoms with E-state index in [-0.39, 0.29) is 5.56 Å². The van der Waals surface area contributed by atoms with Gasteiger partial charge in [-0.2, -0.15) is 0 Å². The van der Waals surface area contributed by atoms with Crippen LogP contribution in [0.5, 0.6) is 0 Å².